The molecule has 2 aliphatic heterocycles. The van der Waals surface area contributed by atoms with Gasteiger partial charge in [-0.3, -0.25) is 10.2 Å². The van der Waals surface area contributed by atoms with E-state index in [2.05, 4.69) is 17.8 Å². The standard InChI is InChI=1S/C17H25N5O3/c1-20-6-8-21(9-7-20)19-17(24)18-13-10-16(23)22(12-13)14-4-3-5-15(11-14)25-2/h3-5,11,13H,6-10,12H2,1-2H3,(H2,18,19,24)/p+1/t13-/m0/s1. The van der Waals surface area contributed by atoms with Crippen molar-refractivity contribution in [3.05, 3.63) is 24.3 Å². The maximum absolute atomic E-state index is 12.3. The minimum absolute atomic E-state index is 0.00162. The number of hydrogen-bond acceptors (Lipinski definition) is 4. The quantitative estimate of drug-likeness (QED) is 0.642. The van der Waals surface area contributed by atoms with Crippen LogP contribution in [0.15, 0.2) is 24.3 Å². The zero-order valence-electron chi connectivity index (χ0n) is 14.7. The topological polar surface area (TPSA) is 78.3 Å². The second kappa shape index (κ2) is 7.71. The van der Waals surface area contributed by atoms with E-state index in [0.717, 1.165) is 31.9 Å². The van der Waals surface area contributed by atoms with E-state index in [9.17, 15) is 9.59 Å². The average Bonchev–Trinajstić information content (AvgIpc) is 2.97. The van der Waals surface area contributed by atoms with E-state index in [0.29, 0.717) is 18.7 Å². The summed E-state index contributed by atoms with van der Waals surface area (Å²) >= 11 is 0. The largest absolute Gasteiger partial charge is 0.497 e. The van der Waals surface area contributed by atoms with Gasteiger partial charge in [-0.2, -0.15) is 0 Å². The number of nitrogens with one attached hydrogen (secondary N) is 3. The van der Waals surface area contributed by atoms with Gasteiger partial charge in [0.1, 0.15) is 5.75 Å². The van der Waals surface area contributed by atoms with Crippen molar-refractivity contribution in [3.63, 3.8) is 0 Å². The zero-order chi connectivity index (χ0) is 17.8. The molecular weight excluding hydrogens is 322 g/mol. The summed E-state index contributed by atoms with van der Waals surface area (Å²) < 4.78 is 5.21. The number of rotatable bonds is 4. The van der Waals surface area contributed by atoms with Crippen LogP contribution in [0.3, 0.4) is 0 Å². The minimum Gasteiger partial charge on any atom is -0.497 e. The molecule has 2 heterocycles. The molecule has 8 nitrogen and oxygen atoms in total. The van der Waals surface area contributed by atoms with E-state index in [1.807, 2.05) is 29.3 Å². The van der Waals surface area contributed by atoms with Crippen LogP contribution in [0.1, 0.15) is 6.42 Å². The molecule has 0 bridgehead atoms. The molecule has 0 radical (unpaired) electrons. The molecule has 2 fully saturated rings. The van der Waals surface area contributed by atoms with Gasteiger partial charge in [0.05, 0.1) is 46.4 Å². The average molecular weight is 348 g/mol. The first-order valence-electron chi connectivity index (χ1n) is 8.63. The Morgan fingerprint density at radius 2 is 2.08 bits per heavy atom. The maximum Gasteiger partial charge on any atom is 0.329 e. The molecule has 2 aliphatic rings. The number of piperazine rings is 1. The molecule has 1 aromatic rings. The first-order valence-corrected chi connectivity index (χ1v) is 8.63. The lowest BCUT2D eigenvalue weighted by molar-refractivity contribution is -0.884. The fraction of sp³-hybridized carbons (Fsp3) is 0.529. The lowest BCUT2D eigenvalue weighted by Crippen LogP contribution is -3.12. The first kappa shape index (κ1) is 17.5. The summed E-state index contributed by atoms with van der Waals surface area (Å²) in [7, 11) is 3.74. The van der Waals surface area contributed by atoms with Crippen LogP contribution in [0, 0.1) is 0 Å². The number of methoxy groups -OCH3 is 1. The number of amides is 3. The lowest BCUT2D eigenvalue weighted by atomic mass is 10.2. The van der Waals surface area contributed by atoms with Crippen molar-refractivity contribution in [1.82, 2.24) is 15.8 Å². The van der Waals surface area contributed by atoms with Gasteiger partial charge in [-0.05, 0) is 12.1 Å². The molecular formula is C17H26N5O3+. The molecule has 0 saturated carbocycles. The Balaban J connectivity index is 1.52. The summed E-state index contributed by atoms with van der Waals surface area (Å²) in [6, 6.07) is 6.94. The Morgan fingerprint density at radius 3 is 2.80 bits per heavy atom. The summed E-state index contributed by atoms with van der Waals surface area (Å²) in [5.41, 5.74) is 3.66. The van der Waals surface area contributed by atoms with Crippen molar-refractivity contribution in [3.8, 4) is 5.75 Å². The Labute approximate surface area is 147 Å². The van der Waals surface area contributed by atoms with Crippen molar-refractivity contribution in [1.29, 1.82) is 0 Å². The summed E-state index contributed by atoms with van der Waals surface area (Å²) in [5.74, 6) is 0.707. The Bertz CT molecular complexity index is 630. The third kappa shape index (κ3) is 4.40. The highest BCUT2D eigenvalue weighted by molar-refractivity contribution is 5.97. The summed E-state index contributed by atoms with van der Waals surface area (Å²) in [4.78, 5) is 27.6. The van der Waals surface area contributed by atoms with Crippen LogP contribution in [0.4, 0.5) is 10.5 Å². The van der Waals surface area contributed by atoms with Crippen LogP contribution in [0.5, 0.6) is 5.75 Å². The fourth-order valence-electron chi connectivity index (χ4n) is 3.19. The Kier molecular flexibility index (Phi) is 5.40. The molecule has 136 valence electrons. The second-order valence-corrected chi connectivity index (χ2v) is 6.64. The van der Waals surface area contributed by atoms with Crippen LogP contribution in [-0.4, -0.2) is 69.9 Å². The number of likely N-dealkylation sites (N-methyl/N-ethyl adjacent to an activating group) is 1. The normalized spacial score (nSPS) is 22.1. The maximum atomic E-state index is 12.3. The van der Waals surface area contributed by atoms with Gasteiger partial charge < -0.3 is 19.9 Å². The number of nitrogens with zero attached hydrogens (tertiary/aromatic N) is 2. The molecule has 2 saturated heterocycles. The SMILES string of the molecule is COc1cccc(N2C[C@@H](NC(=O)NN3CC[NH+](C)CC3)CC2=O)c1. The van der Waals surface area contributed by atoms with Crippen molar-refractivity contribution in [2.75, 3.05) is 51.8 Å². The van der Waals surface area contributed by atoms with Gasteiger partial charge in [0, 0.05) is 24.7 Å². The molecule has 0 aliphatic carbocycles. The third-order valence-corrected chi connectivity index (χ3v) is 4.70. The number of urea groups is 1. The van der Waals surface area contributed by atoms with Gasteiger partial charge in [-0.25, -0.2) is 9.80 Å². The van der Waals surface area contributed by atoms with Crippen molar-refractivity contribution in [2.45, 2.75) is 12.5 Å². The van der Waals surface area contributed by atoms with Crippen molar-refractivity contribution < 1.29 is 19.2 Å². The Morgan fingerprint density at radius 1 is 1.32 bits per heavy atom. The number of anilines is 1. The molecule has 3 amide bonds. The molecule has 1 aromatic carbocycles. The second-order valence-electron chi connectivity index (χ2n) is 6.64. The van der Waals surface area contributed by atoms with Crippen LogP contribution in [-0.2, 0) is 4.79 Å². The minimum atomic E-state index is -0.246. The smallest absolute Gasteiger partial charge is 0.329 e. The summed E-state index contributed by atoms with van der Waals surface area (Å²) in [6.07, 6.45) is 0.303. The van der Waals surface area contributed by atoms with E-state index in [-0.39, 0.29) is 18.0 Å². The van der Waals surface area contributed by atoms with Gasteiger partial charge >= 0.3 is 6.03 Å². The van der Waals surface area contributed by atoms with E-state index >= 15 is 0 Å². The number of benzene rings is 1. The van der Waals surface area contributed by atoms with Crippen LogP contribution < -0.4 is 25.3 Å². The number of carbonyl (C=O) groups excluding carboxylic acids is 2. The molecule has 3 N–H and O–H groups in total. The lowest BCUT2D eigenvalue weighted by Gasteiger charge is -2.30. The summed E-state index contributed by atoms with van der Waals surface area (Å²) in [5, 5.41) is 4.83. The van der Waals surface area contributed by atoms with Gasteiger partial charge in [-0.15, -0.1) is 0 Å². The van der Waals surface area contributed by atoms with Crippen LogP contribution >= 0.6 is 0 Å². The van der Waals surface area contributed by atoms with E-state index in [1.54, 1.807) is 12.0 Å². The van der Waals surface area contributed by atoms with Gasteiger partial charge in [-0.1, -0.05) is 6.07 Å². The zero-order valence-corrected chi connectivity index (χ0v) is 14.7. The van der Waals surface area contributed by atoms with Crippen LogP contribution in [0.2, 0.25) is 0 Å². The number of carbonyl (C=O) groups is 2. The first-order chi connectivity index (χ1) is 12.0. The molecule has 3 rings (SSSR count). The number of ether oxygens (including phenoxy) is 1. The molecule has 0 unspecified atom stereocenters. The molecule has 1 atom stereocenters. The predicted octanol–water partition coefficient (Wildman–Crippen LogP) is -1.15. The number of hydrazine groups is 1. The van der Waals surface area contributed by atoms with Crippen molar-refractivity contribution >= 4 is 17.6 Å². The number of quaternary nitrogens is 1. The molecule has 8 heteroatoms. The Hall–Kier alpha value is -2.32. The molecule has 25 heavy (non-hydrogen) atoms. The summed E-state index contributed by atoms with van der Waals surface area (Å²) in [6.45, 7) is 4.14. The molecule has 0 aromatic heterocycles. The highest BCUT2D eigenvalue weighted by Gasteiger charge is 2.32. The predicted molar refractivity (Wildman–Crippen MR) is 93.6 cm³/mol. The molecule has 0 spiro atoms. The highest BCUT2D eigenvalue weighted by atomic mass is 16.5. The fourth-order valence-corrected chi connectivity index (χ4v) is 3.19. The van der Waals surface area contributed by atoms with Crippen LogP contribution in [0.25, 0.3) is 0 Å². The number of hydrogen-bond donors (Lipinski definition) is 3. The van der Waals surface area contributed by atoms with E-state index in [1.165, 1.54) is 4.90 Å². The monoisotopic (exact) mass is 348 g/mol. The van der Waals surface area contributed by atoms with Gasteiger partial charge in [0.25, 0.3) is 0 Å². The highest BCUT2D eigenvalue weighted by Crippen LogP contribution is 2.25. The van der Waals surface area contributed by atoms with E-state index in [4.69, 9.17) is 4.74 Å². The van der Waals surface area contributed by atoms with Gasteiger partial charge in [0.15, 0.2) is 0 Å². The third-order valence-electron chi connectivity index (χ3n) is 4.70. The van der Waals surface area contributed by atoms with E-state index < -0.39 is 0 Å². The van der Waals surface area contributed by atoms with Crippen molar-refractivity contribution in [2.24, 2.45) is 0 Å². The van der Waals surface area contributed by atoms with Gasteiger partial charge in [0.2, 0.25) is 5.91 Å².